The minimum Gasteiger partial charge on any atom is -0.299 e. The Morgan fingerprint density at radius 2 is 2.00 bits per heavy atom. The molecule has 84 valence electrons. The van der Waals surface area contributed by atoms with Gasteiger partial charge in [-0.25, -0.2) is 0 Å². The van der Waals surface area contributed by atoms with E-state index in [1.54, 1.807) is 0 Å². The van der Waals surface area contributed by atoms with Gasteiger partial charge in [-0.3, -0.25) is 4.90 Å². The third kappa shape index (κ3) is 3.13. The molecule has 1 nitrogen and oxygen atoms in total. The maximum absolute atomic E-state index is 6.38. The van der Waals surface area contributed by atoms with Crippen molar-refractivity contribution in [2.75, 3.05) is 7.05 Å². The average Bonchev–Trinajstić information content (AvgIpc) is 2.18. The molecule has 0 amide bonds. The van der Waals surface area contributed by atoms with Crippen molar-refractivity contribution >= 4 is 11.6 Å². The Morgan fingerprint density at radius 3 is 2.57 bits per heavy atom. The molecule has 0 spiro atoms. The van der Waals surface area contributed by atoms with Gasteiger partial charge in [0.2, 0.25) is 0 Å². The molecule has 2 heteroatoms. The number of rotatable bonds is 4. The van der Waals surface area contributed by atoms with Gasteiger partial charge in [-0.1, -0.05) is 26.2 Å². The van der Waals surface area contributed by atoms with Crippen LogP contribution in [0, 0.1) is 0 Å². The monoisotopic (exact) mass is 217 g/mol. The number of nitrogens with zero attached hydrogens (tertiary/aromatic N) is 1. The fourth-order valence-electron chi connectivity index (χ4n) is 2.47. The minimum absolute atomic E-state index is 0.382. The summed E-state index contributed by atoms with van der Waals surface area (Å²) >= 11 is 6.38. The van der Waals surface area contributed by atoms with E-state index in [2.05, 4.69) is 25.8 Å². The van der Waals surface area contributed by atoms with E-state index < -0.39 is 0 Å². The Labute approximate surface area is 93.8 Å². The lowest BCUT2D eigenvalue weighted by atomic mass is 9.92. The van der Waals surface area contributed by atoms with E-state index in [0.29, 0.717) is 17.5 Å². The van der Waals surface area contributed by atoms with E-state index in [1.165, 1.54) is 38.5 Å². The van der Waals surface area contributed by atoms with Crippen LogP contribution in [0.4, 0.5) is 0 Å². The molecule has 0 heterocycles. The van der Waals surface area contributed by atoms with Crippen LogP contribution in [0.3, 0.4) is 0 Å². The van der Waals surface area contributed by atoms with Crippen molar-refractivity contribution in [3.05, 3.63) is 0 Å². The second kappa shape index (κ2) is 5.97. The zero-order valence-corrected chi connectivity index (χ0v) is 10.6. The van der Waals surface area contributed by atoms with E-state index in [1.807, 2.05) is 0 Å². The summed E-state index contributed by atoms with van der Waals surface area (Å²) in [5.41, 5.74) is 0. The van der Waals surface area contributed by atoms with Gasteiger partial charge in [0, 0.05) is 17.5 Å². The first-order chi connectivity index (χ1) is 6.66. The van der Waals surface area contributed by atoms with Gasteiger partial charge in [0.25, 0.3) is 0 Å². The largest absolute Gasteiger partial charge is 0.299 e. The standard InChI is InChI=1S/C12H24ClN/c1-4-7-10(2)14(3)12-9-6-5-8-11(12)13/h10-12H,4-9H2,1-3H3. The molecule has 0 aromatic heterocycles. The zero-order chi connectivity index (χ0) is 10.6. The number of hydrogen-bond acceptors (Lipinski definition) is 1. The van der Waals surface area contributed by atoms with Crippen LogP contribution in [0.5, 0.6) is 0 Å². The third-order valence-electron chi connectivity index (χ3n) is 3.57. The lowest BCUT2D eigenvalue weighted by molar-refractivity contribution is 0.143. The number of alkyl halides is 1. The molecule has 0 saturated heterocycles. The van der Waals surface area contributed by atoms with Crippen LogP contribution in [0.2, 0.25) is 0 Å². The normalized spacial score (nSPS) is 30.6. The zero-order valence-electron chi connectivity index (χ0n) is 9.80. The van der Waals surface area contributed by atoms with Crippen LogP contribution in [-0.2, 0) is 0 Å². The summed E-state index contributed by atoms with van der Waals surface area (Å²) in [7, 11) is 2.24. The second-order valence-corrected chi connectivity index (χ2v) is 5.23. The minimum atomic E-state index is 0.382. The van der Waals surface area contributed by atoms with Crippen molar-refractivity contribution in [1.82, 2.24) is 4.90 Å². The molecule has 14 heavy (non-hydrogen) atoms. The van der Waals surface area contributed by atoms with Gasteiger partial charge in [0.15, 0.2) is 0 Å². The molecule has 0 radical (unpaired) electrons. The molecule has 3 unspecified atom stereocenters. The van der Waals surface area contributed by atoms with Crippen LogP contribution in [0.25, 0.3) is 0 Å². The van der Waals surface area contributed by atoms with Crippen LogP contribution in [0.15, 0.2) is 0 Å². The van der Waals surface area contributed by atoms with Crippen LogP contribution >= 0.6 is 11.6 Å². The highest BCUT2D eigenvalue weighted by molar-refractivity contribution is 6.21. The topological polar surface area (TPSA) is 3.24 Å². The van der Waals surface area contributed by atoms with Crippen molar-refractivity contribution in [2.24, 2.45) is 0 Å². The molecular weight excluding hydrogens is 194 g/mol. The molecule has 0 aliphatic heterocycles. The fourth-order valence-corrected chi connectivity index (χ4v) is 2.93. The van der Waals surface area contributed by atoms with Gasteiger partial charge < -0.3 is 0 Å². The fraction of sp³-hybridized carbons (Fsp3) is 1.00. The second-order valence-electron chi connectivity index (χ2n) is 4.67. The Morgan fingerprint density at radius 1 is 1.36 bits per heavy atom. The SMILES string of the molecule is CCCC(C)N(C)C1CCCCC1Cl. The van der Waals surface area contributed by atoms with Crippen LogP contribution < -0.4 is 0 Å². The maximum Gasteiger partial charge on any atom is 0.0491 e. The quantitative estimate of drug-likeness (QED) is 0.650. The van der Waals surface area contributed by atoms with Crippen molar-refractivity contribution < 1.29 is 0 Å². The predicted molar refractivity (Wildman–Crippen MR) is 64.0 cm³/mol. The summed E-state index contributed by atoms with van der Waals surface area (Å²) in [6.07, 6.45) is 7.73. The molecule has 0 aromatic carbocycles. The number of halogens is 1. The average molecular weight is 218 g/mol. The highest BCUT2D eigenvalue weighted by Crippen LogP contribution is 2.28. The molecule has 0 bridgehead atoms. The summed E-state index contributed by atoms with van der Waals surface area (Å²) in [5.74, 6) is 0. The lowest BCUT2D eigenvalue weighted by Gasteiger charge is -2.38. The maximum atomic E-state index is 6.38. The summed E-state index contributed by atoms with van der Waals surface area (Å²) in [4.78, 5) is 2.50. The molecule has 1 fully saturated rings. The van der Waals surface area contributed by atoms with Gasteiger partial charge in [0.1, 0.15) is 0 Å². The summed E-state index contributed by atoms with van der Waals surface area (Å²) in [6, 6.07) is 1.30. The van der Waals surface area contributed by atoms with Crippen molar-refractivity contribution in [2.45, 2.75) is 69.8 Å². The van der Waals surface area contributed by atoms with Gasteiger partial charge in [-0.05, 0) is 33.2 Å². The van der Waals surface area contributed by atoms with Crippen molar-refractivity contribution in [3.63, 3.8) is 0 Å². The summed E-state index contributed by atoms with van der Waals surface area (Å²) < 4.78 is 0. The van der Waals surface area contributed by atoms with Gasteiger partial charge in [-0.2, -0.15) is 0 Å². The van der Waals surface area contributed by atoms with E-state index in [9.17, 15) is 0 Å². The van der Waals surface area contributed by atoms with Gasteiger partial charge in [0.05, 0.1) is 0 Å². The summed E-state index contributed by atoms with van der Waals surface area (Å²) in [6.45, 7) is 4.57. The highest BCUT2D eigenvalue weighted by atomic mass is 35.5. The Hall–Kier alpha value is 0.250. The van der Waals surface area contributed by atoms with E-state index in [0.717, 1.165) is 0 Å². The molecule has 0 aromatic rings. The van der Waals surface area contributed by atoms with Crippen molar-refractivity contribution in [1.29, 1.82) is 0 Å². The molecule has 1 aliphatic rings. The Bertz CT molecular complexity index is 160. The van der Waals surface area contributed by atoms with E-state index in [4.69, 9.17) is 11.6 Å². The Kier molecular flexibility index (Phi) is 5.25. The molecular formula is C12H24ClN. The van der Waals surface area contributed by atoms with Gasteiger partial charge >= 0.3 is 0 Å². The number of hydrogen-bond donors (Lipinski definition) is 0. The molecule has 1 saturated carbocycles. The van der Waals surface area contributed by atoms with Crippen molar-refractivity contribution in [3.8, 4) is 0 Å². The first-order valence-corrected chi connectivity index (χ1v) is 6.46. The van der Waals surface area contributed by atoms with Gasteiger partial charge in [-0.15, -0.1) is 11.6 Å². The van der Waals surface area contributed by atoms with Crippen LogP contribution in [0.1, 0.15) is 52.4 Å². The Balaban J connectivity index is 2.44. The van der Waals surface area contributed by atoms with E-state index in [-0.39, 0.29) is 0 Å². The third-order valence-corrected chi connectivity index (χ3v) is 4.08. The lowest BCUT2D eigenvalue weighted by Crippen LogP contribution is -2.45. The molecule has 3 atom stereocenters. The molecule has 1 rings (SSSR count). The highest BCUT2D eigenvalue weighted by Gasteiger charge is 2.28. The first kappa shape index (κ1) is 12.3. The molecule has 1 aliphatic carbocycles. The first-order valence-electron chi connectivity index (χ1n) is 6.02. The van der Waals surface area contributed by atoms with E-state index >= 15 is 0 Å². The summed E-state index contributed by atoms with van der Waals surface area (Å²) in [5, 5.41) is 0.382. The predicted octanol–water partition coefficient (Wildman–Crippen LogP) is 3.66. The smallest absolute Gasteiger partial charge is 0.0491 e. The molecule has 0 N–H and O–H groups in total. The van der Waals surface area contributed by atoms with Crippen LogP contribution in [-0.4, -0.2) is 29.4 Å².